The number of carbonyl (C=O) groups is 1. The number of carbonyl (C=O) groups excluding carboxylic acids is 1. The van der Waals surface area contributed by atoms with Crippen LogP contribution in [0.1, 0.15) is 26.7 Å². The van der Waals surface area contributed by atoms with Crippen LogP contribution in [0.25, 0.3) is 0 Å². The second kappa shape index (κ2) is 2.75. The monoisotopic (exact) mass is 230 g/mol. The van der Waals surface area contributed by atoms with Crippen LogP contribution < -0.4 is 0 Å². The van der Waals surface area contributed by atoms with Crippen molar-refractivity contribution in [1.82, 2.24) is 3.29 Å². The third kappa shape index (κ3) is 0.815. The van der Waals surface area contributed by atoms with E-state index in [4.69, 9.17) is 0 Å². The Bertz CT molecular complexity index is 393. The van der Waals surface area contributed by atoms with Crippen molar-refractivity contribution in [1.29, 1.82) is 0 Å². The summed E-state index contributed by atoms with van der Waals surface area (Å²) >= 11 is 1.15. The summed E-state index contributed by atoms with van der Waals surface area (Å²) in [7, 11) is -3.36. The van der Waals surface area contributed by atoms with E-state index < -0.39 is 14.8 Å². The first-order valence-corrected chi connectivity index (χ1v) is 6.91. The third-order valence-electron chi connectivity index (χ3n) is 3.72. The molecule has 1 amide bonds. The number of rotatable bonds is 2. The van der Waals surface area contributed by atoms with E-state index in [1.54, 1.807) is 0 Å². The molecule has 1 saturated heterocycles. The van der Waals surface area contributed by atoms with Gasteiger partial charge in [0.25, 0.3) is 0 Å². The Morgan fingerprint density at radius 2 is 2.07 bits per heavy atom. The Morgan fingerprint density at radius 1 is 1.50 bits per heavy atom. The first-order chi connectivity index (χ1) is 6.45. The van der Waals surface area contributed by atoms with Gasteiger partial charge in [0.2, 0.25) is 0 Å². The number of nitrogens with zero attached hydrogens (tertiary/aromatic N) is 1. The van der Waals surface area contributed by atoms with Crippen molar-refractivity contribution in [2.75, 3.05) is 0 Å². The molecule has 2 rings (SSSR count). The SMILES string of the molecule is CCC1C2C(=O)[N]([AlH+])S(=O)(=O)[C@]12CC. The van der Waals surface area contributed by atoms with Gasteiger partial charge in [-0.05, 0) is 0 Å². The Hall–Kier alpha value is -0.0475. The first kappa shape index (κ1) is 10.5. The second-order valence-electron chi connectivity index (χ2n) is 3.99. The molecule has 2 aliphatic rings. The average Bonchev–Trinajstić information content (AvgIpc) is 2.80. The van der Waals surface area contributed by atoms with Gasteiger partial charge in [-0.25, -0.2) is 0 Å². The summed E-state index contributed by atoms with van der Waals surface area (Å²) in [5.74, 6) is -0.386. The molecule has 0 radical (unpaired) electrons. The fraction of sp³-hybridized carbons (Fsp3) is 0.875. The number of sulfonamides is 1. The van der Waals surface area contributed by atoms with Gasteiger partial charge in [-0.2, -0.15) is 0 Å². The van der Waals surface area contributed by atoms with Crippen molar-refractivity contribution in [3.63, 3.8) is 0 Å². The predicted molar refractivity (Wildman–Crippen MR) is 53.2 cm³/mol. The first-order valence-electron chi connectivity index (χ1n) is 4.84. The van der Waals surface area contributed by atoms with E-state index >= 15 is 0 Å². The van der Waals surface area contributed by atoms with Crippen LogP contribution in [-0.4, -0.2) is 38.9 Å². The standard InChI is InChI=1S/C8H13NO3S.Al.H/c1-3-5-6-7(10)9-13(11,12)8(5,6)4-2;;/h5-6H,3-4H2,1-2H3,(H,9,10);;/q;+2;/p-1/t5?,6?,8-;;/m1../s1. The van der Waals surface area contributed by atoms with Crippen molar-refractivity contribution in [3.05, 3.63) is 0 Å². The summed E-state index contributed by atoms with van der Waals surface area (Å²) in [4.78, 5) is 11.6. The number of hydrogen-bond donors (Lipinski definition) is 0. The molecule has 14 heavy (non-hydrogen) atoms. The molecular weight excluding hydrogens is 217 g/mol. The molecule has 0 spiro atoms. The molecule has 76 valence electrons. The minimum absolute atomic E-state index is 0.0611. The van der Waals surface area contributed by atoms with Gasteiger partial charge in [0.1, 0.15) is 0 Å². The van der Waals surface area contributed by atoms with Crippen molar-refractivity contribution < 1.29 is 13.2 Å². The van der Waals surface area contributed by atoms with Gasteiger partial charge in [-0.15, -0.1) is 0 Å². The fourth-order valence-electron chi connectivity index (χ4n) is 2.95. The normalized spacial score (nSPS) is 43.8. The van der Waals surface area contributed by atoms with E-state index in [1.165, 1.54) is 0 Å². The second-order valence-corrected chi connectivity index (χ2v) is 7.23. The number of fused-ring (bicyclic) bond motifs is 1. The Morgan fingerprint density at radius 3 is 2.43 bits per heavy atom. The van der Waals surface area contributed by atoms with Crippen molar-refractivity contribution in [2.24, 2.45) is 11.8 Å². The van der Waals surface area contributed by atoms with E-state index in [2.05, 4.69) is 0 Å². The molecule has 0 bridgehead atoms. The molecule has 6 heteroatoms. The maximum atomic E-state index is 12.0. The topological polar surface area (TPSA) is 54.5 Å². The summed E-state index contributed by atoms with van der Waals surface area (Å²) in [6.07, 6.45) is 1.33. The quantitative estimate of drug-likeness (QED) is 0.616. The molecule has 4 nitrogen and oxygen atoms in total. The zero-order valence-electron chi connectivity index (χ0n) is 8.36. The zero-order chi connectivity index (χ0) is 10.7. The van der Waals surface area contributed by atoms with Crippen LogP contribution in [0, 0.1) is 11.8 Å². The maximum absolute atomic E-state index is 12.0. The van der Waals surface area contributed by atoms with Gasteiger partial charge in [-0.3, -0.25) is 0 Å². The molecule has 0 aromatic rings. The average molecular weight is 230 g/mol. The summed E-state index contributed by atoms with van der Waals surface area (Å²) < 4.78 is 24.2. The minimum atomic E-state index is -3.36. The number of amides is 1. The number of hydrogen-bond acceptors (Lipinski definition) is 3. The summed E-state index contributed by atoms with van der Waals surface area (Å²) in [5.41, 5.74) is 0. The molecule has 1 aliphatic heterocycles. The van der Waals surface area contributed by atoms with Crippen molar-refractivity contribution in [2.45, 2.75) is 31.4 Å². The van der Waals surface area contributed by atoms with Crippen LogP contribution in [0.3, 0.4) is 0 Å². The molecule has 0 aromatic heterocycles. The van der Waals surface area contributed by atoms with E-state index in [0.29, 0.717) is 6.42 Å². The Kier molecular flexibility index (Phi) is 2.05. The van der Waals surface area contributed by atoms with Crippen molar-refractivity contribution in [3.8, 4) is 0 Å². The van der Waals surface area contributed by atoms with Gasteiger partial charge < -0.3 is 0 Å². The van der Waals surface area contributed by atoms with Gasteiger partial charge in [0.15, 0.2) is 0 Å². The van der Waals surface area contributed by atoms with Crippen LogP contribution >= 0.6 is 0 Å². The molecule has 0 aromatic carbocycles. The van der Waals surface area contributed by atoms with E-state index in [0.717, 1.165) is 26.2 Å². The van der Waals surface area contributed by atoms with E-state index in [1.807, 2.05) is 13.8 Å². The fourth-order valence-corrected chi connectivity index (χ4v) is 6.20. The molecule has 2 unspecified atom stereocenters. The van der Waals surface area contributed by atoms with Gasteiger partial charge in [-0.1, -0.05) is 0 Å². The van der Waals surface area contributed by atoms with Crippen LogP contribution in [0.4, 0.5) is 0 Å². The summed E-state index contributed by atoms with van der Waals surface area (Å²) in [6.45, 7) is 3.81. The summed E-state index contributed by atoms with van der Waals surface area (Å²) in [6, 6.07) is 0. The summed E-state index contributed by atoms with van der Waals surface area (Å²) in [5, 5.41) is 0. The molecule has 1 heterocycles. The molecule has 1 saturated carbocycles. The van der Waals surface area contributed by atoms with E-state index in [9.17, 15) is 13.2 Å². The molecule has 0 N–H and O–H groups in total. The van der Waals surface area contributed by atoms with Gasteiger partial charge >= 0.3 is 92.2 Å². The van der Waals surface area contributed by atoms with Crippen LogP contribution in [0.5, 0.6) is 0 Å². The van der Waals surface area contributed by atoms with Gasteiger partial charge in [0, 0.05) is 0 Å². The third-order valence-corrected chi connectivity index (χ3v) is 7.62. The Balaban J connectivity index is 2.52. The van der Waals surface area contributed by atoms with Crippen LogP contribution in [0.2, 0.25) is 0 Å². The van der Waals surface area contributed by atoms with Crippen LogP contribution in [0.15, 0.2) is 0 Å². The molecule has 3 atom stereocenters. The van der Waals surface area contributed by atoms with E-state index in [-0.39, 0.29) is 17.7 Å². The molecular formula is C8H13AlNO3S+. The predicted octanol–water partition coefficient (Wildman–Crippen LogP) is -0.221. The van der Waals surface area contributed by atoms with Crippen LogP contribution in [-0.2, 0) is 14.8 Å². The molecule has 2 fully saturated rings. The van der Waals surface area contributed by atoms with Crippen molar-refractivity contribution >= 4 is 32.4 Å². The zero-order valence-corrected chi connectivity index (χ0v) is 10.6. The Labute approximate surface area is 92.3 Å². The molecule has 1 aliphatic carbocycles. The van der Waals surface area contributed by atoms with Gasteiger partial charge in [0.05, 0.1) is 0 Å².